The molecular weight excluding hydrogens is 356 g/mol. The van der Waals surface area contributed by atoms with Crippen LogP contribution in [0.4, 0.5) is 5.69 Å². The van der Waals surface area contributed by atoms with Gasteiger partial charge in [-0.1, -0.05) is 29.8 Å². The van der Waals surface area contributed by atoms with Crippen LogP contribution in [0.3, 0.4) is 0 Å². The van der Waals surface area contributed by atoms with E-state index in [4.69, 9.17) is 21.4 Å². The third kappa shape index (κ3) is 4.16. The van der Waals surface area contributed by atoms with Crippen LogP contribution in [0.2, 0.25) is 0 Å². The maximum absolute atomic E-state index is 12.3. The summed E-state index contributed by atoms with van der Waals surface area (Å²) in [6.45, 7) is -0.732. The first-order valence-corrected chi connectivity index (χ1v) is 8.52. The Morgan fingerprint density at radius 2 is 2.19 bits per heavy atom. The minimum Gasteiger partial charge on any atom is -0.459 e. The van der Waals surface area contributed by atoms with Crippen LogP contribution in [0, 0.1) is 0 Å². The molecule has 0 saturated carbocycles. The lowest BCUT2D eigenvalue weighted by Gasteiger charge is -2.23. The predicted octanol–water partition coefficient (Wildman–Crippen LogP) is 2.39. The lowest BCUT2D eigenvalue weighted by molar-refractivity contribution is 0.00941. The first-order valence-electron chi connectivity index (χ1n) is 8.14. The number of halogens is 1. The molecule has 3 rings (SSSR count). The minimum atomic E-state index is -1.09. The van der Waals surface area contributed by atoms with E-state index >= 15 is 0 Å². The molecule has 0 aromatic heterocycles. The zero-order valence-corrected chi connectivity index (χ0v) is 14.7. The van der Waals surface area contributed by atoms with Crippen molar-refractivity contribution in [1.29, 1.82) is 0 Å². The Hall–Kier alpha value is -2.54. The number of allylic oxidation sites excluding steroid dienone is 5. The Morgan fingerprint density at radius 3 is 3.00 bits per heavy atom. The third-order valence-electron chi connectivity index (χ3n) is 3.96. The summed E-state index contributed by atoms with van der Waals surface area (Å²) in [5.41, 5.74) is 3.73. The second kappa shape index (κ2) is 8.23. The maximum atomic E-state index is 12.3. The highest BCUT2D eigenvalue weighted by molar-refractivity contribution is 6.31. The molecular formula is C19H19ClN2O4. The van der Waals surface area contributed by atoms with Crippen LogP contribution >= 0.6 is 11.6 Å². The number of carbonyl (C=O) groups is 1. The fraction of sp³-hybridized carbons (Fsp3) is 0.211. The van der Waals surface area contributed by atoms with Crippen molar-refractivity contribution in [2.75, 3.05) is 18.5 Å². The number of hydrogen-bond donors (Lipinski definition) is 4. The van der Waals surface area contributed by atoms with Gasteiger partial charge in [-0.05, 0) is 30.7 Å². The Kier molecular flexibility index (Phi) is 5.78. The van der Waals surface area contributed by atoms with Gasteiger partial charge in [0.05, 0.1) is 17.9 Å². The number of carbonyl (C=O) groups excluding carboxylic acids is 1. The summed E-state index contributed by atoms with van der Waals surface area (Å²) >= 11 is 6.06. The molecule has 6 nitrogen and oxygen atoms in total. The number of benzene rings is 1. The van der Waals surface area contributed by atoms with E-state index in [0.717, 1.165) is 17.0 Å². The van der Waals surface area contributed by atoms with Crippen molar-refractivity contribution in [3.05, 3.63) is 76.3 Å². The van der Waals surface area contributed by atoms with E-state index in [-0.39, 0.29) is 6.61 Å². The Bertz CT molecular complexity index is 827. The summed E-state index contributed by atoms with van der Waals surface area (Å²) in [5.74, 6) is -0.577. The molecule has 7 heteroatoms. The third-order valence-corrected chi connectivity index (χ3v) is 4.22. The van der Waals surface area contributed by atoms with E-state index in [2.05, 4.69) is 10.6 Å². The van der Waals surface area contributed by atoms with Crippen molar-refractivity contribution in [2.24, 2.45) is 0 Å². The fourth-order valence-corrected chi connectivity index (χ4v) is 2.81. The molecule has 1 aromatic carbocycles. The lowest BCUT2D eigenvalue weighted by atomic mass is 9.99. The molecule has 1 aliphatic heterocycles. The van der Waals surface area contributed by atoms with E-state index in [1.807, 2.05) is 24.3 Å². The molecule has 0 spiro atoms. The number of anilines is 1. The second-order valence-corrected chi connectivity index (χ2v) is 6.26. The molecule has 1 aliphatic carbocycles. The number of aliphatic hydroxyl groups is 2. The molecule has 1 aromatic rings. The summed E-state index contributed by atoms with van der Waals surface area (Å²) < 4.78 is 5.06. The summed E-state index contributed by atoms with van der Waals surface area (Å²) in [4.78, 5) is 12.3. The summed E-state index contributed by atoms with van der Waals surface area (Å²) in [6.07, 6.45) is 7.02. The van der Waals surface area contributed by atoms with E-state index in [1.54, 1.807) is 24.4 Å². The molecule has 0 fully saturated rings. The van der Waals surface area contributed by atoms with Gasteiger partial charge < -0.3 is 25.6 Å². The van der Waals surface area contributed by atoms with Crippen LogP contribution in [0.1, 0.15) is 16.8 Å². The topological polar surface area (TPSA) is 90.8 Å². The minimum absolute atomic E-state index is 0.266. The molecule has 0 saturated heterocycles. The molecule has 0 unspecified atom stereocenters. The highest BCUT2D eigenvalue weighted by Crippen LogP contribution is 2.30. The van der Waals surface area contributed by atoms with Crippen LogP contribution in [0.15, 0.2) is 70.7 Å². The highest BCUT2D eigenvalue weighted by Gasteiger charge is 2.19. The van der Waals surface area contributed by atoms with Gasteiger partial charge >= 0.3 is 5.97 Å². The van der Waals surface area contributed by atoms with Gasteiger partial charge in [-0.25, -0.2) is 4.79 Å². The van der Waals surface area contributed by atoms with Gasteiger partial charge in [0.25, 0.3) is 0 Å². The average molecular weight is 375 g/mol. The molecule has 1 heterocycles. The van der Waals surface area contributed by atoms with Gasteiger partial charge in [0.15, 0.2) is 0 Å². The maximum Gasteiger partial charge on any atom is 0.340 e. The van der Waals surface area contributed by atoms with Crippen LogP contribution in [0.5, 0.6) is 0 Å². The second-order valence-electron chi connectivity index (χ2n) is 5.83. The molecule has 136 valence electrons. The average Bonchev–Trinajstić information content (AvgIpc) is 2.66. The zero-order chi connectivity index (χ0) is 18.5. The van der Waals surface area contributed by atoms with Crippen molar-refractivity contribution >= 4 is 23.3 Å². The van der Waals surface area contributed by atoms with Gasteiger partial charge in [0.1, 0.15) is 12.7 Å². The normalized spacial score (nSPS) is 16.9. The van der Waals surface area contributed by atoms with Crippen LogP contribution < -0.4 is 10.6 Å². The van der Waals surface area contributed by atoms with Crippen molar-refractivity contribution in [1.82, 2.24) is 5.32 Å². The number of rotatable bonds is 6. The molecule has 0 radical (unpaired) electrons. The highest BCUT2D eigenvalue weighted by atomic mass is 35.5. The lowest BCUT2D eigenvalue weighted by Crippen LogP contribution is -2.22. The quantitative estimate of drug-likeness (QED) is 0.572. The Morgan fingerprint density at radius 1 is 1.38 bits per heavy atom. The molecule has 0 amide bonds. The van der Waals surface area contributed by atoms with Crippen molar-refractivity contribution < 1.29 is 19.7 Å². The standard InChI is InChI=1S/C19H19ClN2O4/c20-12-5-6-14-17(7-8-21-18(14)9-12)22-16-4-2-1-3-15(16)19(25)26-11-13(24)10-23/h1-5,7-9,13,21-24H,6,10-11H2/t13-/m1/s1. The van der Waals surface area contributed by atoms with Gasteiger partial charge in [0.2, 0.25) is 0 Å². The van der Waals surface area contributed by atoms with E-state index in [0.29, 0.717) is 22.7 Å². The number of para-hydroxylation sites is 1. The molecule has 4 N–H and O–H groups in total. The predicted molar refractivity (Wildman–Crippen MR) is 99.4 cm³/mol. The van der Waals surface area contributed by atoms with Crippen LogP contribution in [-0.2, 0) is 4.74 Å². The summed E-state index contributed by atoms with van der Waals surface area (Å²) in [7, 11) is 0. The van der Waals surface area contributed by atoms with Gasteiger partial charge in [-0.3, -0.25) is 0 Å². The van der Waals surface area contributed by atoms with Crippen molar-refractivity contribution in [3.8, 4) is 0 Å². The molecule has 0 bridgehead atoms. The molecule has 1 atom stereocenters. The van der Waals surface area contributed by atoms with E-state index < -0.39 is 18.7 Å². The number of hydrogen-bond acceptors (Lipinski definition) is 6. The van der Waals surface area contributed by atoms with Gasteiger partial charge in [0, 0.05) is 28.2 Å². The summed E-state index contributed by atoms with van der Waals surface area (Å²) in [6, 6.07) is 6.96. The largest absolute Gasteiger partial charge is 0.459 e. The number of ether oxygens (including phenoxy) is 1. The fourth-order valence-electron chi connectivity index (χ4n) is 2.63. The van der Waals surface area contributed by atoms with Gasteiger partial charge in [-0.15, -0.1) is 0 Å². The number of nitrogens with one attached hydrogen (secondary N) is 2. The van der Waals surface area contributed by atoms with E-state index in [9.17, 15) is 9.90 Å². The van der Waals surface area contributed by atoms with Crippen LogP contribution in [0.25, 0.3) is 0 Å². The SMILES string of the molecule is O=C(OC[C@H](O)CO)c1ccccc1NC1=C2CC=C(Cl)C=C2NC=C1. The molecule has 2 aliphatic rings. The van der Waals surface area contributed by atoms with Crippen molar-refractivity contribution in [2.45, 2.75) is 12.5 Å². The number of fused-ring (bicyclic) bond motifs is 1. The first kappa shape index (κ1) is 18.3. The van der Waals surface area contributed by atoms with Crippen LogP contribution in [-0.4, -0.2) is 35.5 Å². The van der Waals surface area contributed by atoms with Gasteiger partial charge in [-0.2, -0.15) is 0 Å². The number of aliphatic hydroxyl groups excluding tert-OH is 2. The Labute approximate surface area is 156 Å². The number of esters is 1. The van der Waals surface area contributed by atoms with Crippen molar-refractivity contribution in [3.63, 3.8) is 0 Å². The smallest absolute Gasteiger partial charge is 0.340 e. The Balaban J connectivity index is 1.82. The number of dihydropyridines is 1. The zero-order valence-electron chi connectivity index (χ0n) is 13.9. The monoisotopic (exact) mass is 374 g/mol. The summed E-state index contributed by atoms with van der Waals surface area (Å²) in [5, 5.41) is 25.3. The van der Waals surface area contributed by atoms with E-state index in [1.165, 1.54) is 0 Å². The molecule has 26 heavy (non-hydrogen) atoms. The first-order chi connectivity index (χ1) is 12.6.